The molecule has 1 amide bonds. The molecule has 1 aromatic rings. The number of carbonyl (C=O) groups excluding carboxylic acids is 1. The van der Waals surface area contributed by atoms with Crippen molar-refractivity contribution in [1.29, 1.82) is 0 Å². The van der Waals surface area contributed by atoms with E-state index in [1.165, 1.54) is 6.08 Å². The second-order valence-electron chi connectivity index (χ2n) is 3.22. The molecule has 0 aliphatic carbocycles. The molecular formula is C12H16N2O. The largest absolute Gasteiger partial charge is 0.323 e. The average molecular weight is 204 g/mol. The molecule has 0 heterocycles. The summed E-state index contributed by atoms with van der Waals surface area (Å²) in [6.45, 7) is 2.62. The van der Waals surface area contributed by atoms with E-state index in [1.807, 2.05) is 38.2 Å². The second-order valence-corrected chi connectivity index (χ2v) is 3.22. The van der Waals surface area contributed by atoms with Crippen LogP contribution >= 0.6 is 0 Å². The Kier molecular flexibility index (Phi) is 4.57. The highest BCUT2D eigenvalue weighted by molar-refractivity contribution is 5.99. The van der Waals surface area contributed by atoms with Gasteiger partial charge in [-0.05, 0) is 37.7 Å². The molecule has 0 radical (unpaired) electrons. The van der Waals surface area contributed by atoms with E-state index in [-0.39, 0.29) is 5.91 Å². The van der Waals surface area contributed by atoms with Gasteiger partial charge in [0.1, 0.15) is 0 Å². The van der Waals surface area contributed by atoms with Crippen LogP contribution in [0.25, 0.3) is 0 Å². The first-order valence-corrected chi connectivity index (χ1v) is 4.93. The Morgan fingerprint density at radius 1 is 1.47 bits per heavy atom. The van der Waals surface area contributed by atoms with Crippen molar-refractivity contribution in [3.05, 3.63) is 42.0 Å². The third-order valence-electron chi connectivity index (χ3n) is 1.89. The molecule has 1 aromatic carbocycles. The molecule has 0 aliphatic rings. The van der Waals surface area contributed by atoms with Crippen molar-refractivity contribution in [2.75, 3.05) is 12.4 Å². The van der Waals surface area contributed by atoms with Crippen LogP contribution in [0.3, 0.4) is 0 Å². The monoisotopic (exact) mass is 204 g/mol. The number of amides is 1. The fourth-order valence-electron chi connectivity index (χ4n) is 1.30. The summed E-state index contributed by atoms with van der Waals surface area (Å²) < 4.78 is 0. The summed E-state index contributed by atoms with van der Waals surface area (Å²) in [5.41, 5.74) is 1.97. The summed E-state index contributed by atoms with van der Waals surface area (Å²) in [5, 5.41) is 5.85. The Morgan fingerprint density at radius 3 is 2.93 bits per heavy atom. The Bertz CT molecular complexity index is 358. The quantitative estimate of drug-likeness (QED) is 0.736. The van der Waals surface area contributed by atoms with Crippen LogP contribution in [0.15, 0.2) is 36.4 Å². The summed E-state index contributed by atoms with van der Waals surface area (Å²) >= 11 is 0. The highest BCUT2D eigenvalue weighted by atomic mass is 16.1. The first kappa shape index (κ1) is 11.5. The van der Waals surface area contributed by atoms with E-state index in [2.05, 4.69) is 10.6 Å². The molecule has 80 valence electrons. The zero-order valence-electron chi connectivity index (χ0n) is 9.08. The number of rotatable bonds is 4. The molecule has 0 bridgehead atoms. The van der Waals surface area contributed by atoms with Crippen LogP contribution in [0.5, 0.6) is 0 Å². The topological polar surface area (TPSA) is 41.1 Å². The lowest BCUT2D eigenvalue weighted by Crippen LogP contribution is -2.09. The number of allylic oxidation sites excluding steroid dienone is 1. The van der Waals surface area contributed by atoms with Gasteiger partial charge in [-0.3, -0.25) is 4.79 Å². The van der Waals surface area contributed by atoms with Crippen molar-refractivity contribution in [3.8, 4) is 0 Å². The highest BCUT2D eigenvalue weighted by Crippen LogP contribution is 2.10. The van der Waals surface area contributed by atoms with Crippen LogP contribution in [-0.4, -0.2) is 13.0 Å². The smallest absolute Gasteiger partial charge is 0.248 e. The summed E-state index contributed by atoms with van der Waals surface area (Å²) in [6.07, 6.45) is 3.22. The van der Waals surface area contributed by atoms with E-state index in [1.54, 1.807) is 6.08 Å². The van der Waals surface area contributed by atoms with Crippen LogP contribution in [0, 0.1) is 0 Å². The zero-order chi connectivity index (χ0) is 11.1. The highest BCUT2D eigenvalue weighted by Gasteiger charge is 1.98. The minimum atomic E-state index is -0.0980. The van der Waals surface area contributed by atoms with Crippen LogP contribution in [0.2, 0.25) is 0 Å². The van der Waals surface area contributed by atoms with Gasteiger partial charge in [-0.25, -0.2) is 0 Å². The fourth-order valence-corrected chi connectivity index (χ4v) is 1.30. The van der Waals surface area contributed by atoms with Crippen LogP contribution in [0.4, 0.5) is 5.69 Å². The number of benzene rings is 1. The standard InChI is InChI=1S/C12H16N2O/c1-3-5-12(15)14-11-7-4-6-10(8-11)9-13-2/h3-8,13H,9H2,1-2H3,(H,14,15)/b5-3+. The lowest BCUT2D eigenvalue weighted by atomic mass is 10.2. The van der Waals surface area contributed by atoms with Crippen molar-refractivity contribution >= 4 is 11.6 Å². The van der Waals surface area contributed by atoms with Crippen molar-refractivity contribution in [2.45, 2.75) is 13.5 Å². The summed E-state index contributed by atoms with van der Waals surface area (Å²) in [4.78, 5) is 11.3. The normalized spacial score (nSPS) is 10.5. The van der Waals surface area contributed by atoms with E-state index in [0.717, 1.165) is 17.8 Å². The van der Waals surface area contributed by atoms with Gasteiger partial charge in [-0.2, -0.15) is 0 Å². The summed E-state index contributed by atoms with van der Waals surface area (Å²) in [7, 11) is 1.89. The number of carbonyl (C=O) groups is 1. The molecule has 15 heavy (non-hydrogen) atoms. The molecule has 1 rings (SSSR count). The molecule has 0 atom stereocenters. The Balaban J connectivity index is 2.68. The van der Waals surface area contributed by atoms with Gasteiger partial charge in [0, 0.05) is 12.2 Å². The van der Waals surface area contributed by atoms with E-state index in [4.69, 9.17) is 0 Å². The molecule has 0 unspecified atom stereocenters. The number of hydrogen-bond donors (Lipinski definition) is 2. The van der Waals surface area contributed by atoms with Crippen molar-refractivity contribution in [2.24, 2.45) is 0 Å². The van der Waals surface area contributed by atoms with Crippen molar-refractivity contribution < 1.29 is 4.79 Å². The SMILES string of the molecule is C/C=C/C(=O)Nc1cccc(CNC)c1. The zero-order valence-corrected chi connectivity index (χ0v) is 9.08. The molecule has 2 N–H and O–H groups in total. The van der Waals surface area contributed by atoms with E-state index in [0.29, 0.717) is 0 Å². The van der Waals surface area contributed by atoms with Crippen LogP contribution < -0.4 is 10.6 Å². The molecule has 0 aliphatic heterocycles. The summed E-state index contributed by atoms with van der Waals surface area (Å²) in [5.74, 6) is -0.0980. The van der Waals surface area contributed by atoms with Gasteiger partial charge in [-0.15, -0.1) is 0 Å². The number of nitrogens with one attached hydrogen (secondary N) is 2. The molecular weight excluding hydrogens is 188 g/mol. The maximum absolute atomic E-state index is 11.3. The molecule has 0 saturated carbocycles. The van der Waals surface area contributed by atoms with Gasteiger partial charge in [0.2, 0.25) is 5.91 Å². The molecule has 3 heteroatoms. The van der Waals surface area contributed by atoms with Gasteiger partial charge in [0.25, 0.3) is 0 Å². The minimum Gasteiger partial charge on any atom is -0.323 e. The van der Waals surface area contributed by atoms with Gasteiger partial charge in [0.15, 0.2) is 0 Å². The third kappa shape index (κ3) is 3.95. The van der Waals surface area contributed by atoms with Gasteiger partial charge < -0.3 is 10.6 Å². The van der Waals surface area contributed by atoms with Crippen molar-refractivity contribution in [1.82, 2.24) is 5.32 Å². The predicted octanol–water partition coefficient (Wildman–Crippen LogP) is 1.92. The Labute approximate surface area is 90.2 Å². The second kappa shape index (κ2) is 5.98. The lowest BCUT2D eigenvalue weighted by molar-refractivity contribution is -0.111. The van der Waals surface area contributed by atoms with Crippen LogP contribution in [-0.2, 0) is 11.3 Å². The maximum atomic E-state index is 11.3. The Morgan fingerprint density at radius 2 is 2.27 bits per heavy atom. The average Bonchev–Trinajstić information content (AvgIpc) is 2.19. The fraction of sp³-hybridized carbons (Fsp3) is 0.250. The van der Waals surface area contributed by atoms with Gasteiger partial charge >= 0.3 is 0 Å². The third-order valence-corrected chi connectivity index (χ3v) is 1.89. The lowest BCUT2D eigenvalue weighted by Gasteiger charge is -2.05. The first-order valence-electron chi connectivity index (χ1n) is 4.93. The van der Waals surface area contributed by atoms with E-state index in [9.17, 15) is 4.79 Å². The first-order chi connectivity index (χ1) is 7.26. The van der Waals surface area contributed by atoms with E-state index < -0.39 is 0 Å². The van der Waals surface area contributed by atoms with Gasteiger partial charge in [0.05, 0.1) is 0 Å². The summed E-state index contributed by atoms with van der Waals surface area (Å²) in [6, 6.07) is 7.78. The molecule has 0 saturated heterocycles. The maximum Gasteiger partial charge on any atom is 0.248 e. The molecule has 0 fully saturated rings. The van der Waals surface area contributed by atoms with Gasteiger partial charge in [-0.1, -0.05) is 18.2 Å². The molecule has 0 aromatic heterocycles. The van der Waals surface area contributed by atoms with Crippen molar-refractivity contribution in [3.63, 3.8) is 0 Å². The Hall–Kier alpha value is -1.61. The predicted molar refractivity (Wildman–Crippen MR) is 62.6 cm³/mol. The van der Waals surface area contributed by atoms with Crippen LogP contribution in [0.1, 0.15) is 12.5 Å². The van der Waals surface area contributed by atoms with E-state index >= 15 is 0 Å². The number of hydrogen-bond acceptors (Lipinski definition) is 2. The molecule has 0 spiro atoms. The number of anilines is 1. The molecule has 3 nitrogen and oxygen atoms in total. The minimum absolute atomic E-state index is 0.0980.